The zero-order valence-electron chi connectivity index (χ0n) is 21.6. The van der Waals surface area contributed by atoms with Crippen LogP contribution in [-0.2, 0) is 22.6 Å². The number of nitrogens with zero attached hydrogens (tertiary/aromatic N) is 2. The number of imide groups is 2. The number of barbiturate groups is 1. The highest BCUT2D eigenvalue weighted by Gasteiger charge is 2.37. The summed E-state index contributed by atoms with van der Waals surface area (Å²) >= 11 is 6.19. The fourth-order valence-electron chi connectivity index (χ4n) is 4.14. The van der Waals surface area contributed by atoms with Crippen molar-refractivity contribution in [1.82, 2.24) is 5.32 Å². The number of carbonyl (C=O) groups is 3. The number of benzene rings is 3. The molecule has 3 aromatic carbocycles. The zero-order chi connectivity index (χ0) is 29.0. The Balaban J connectivity index is 1.69. The van der Waals surface area contributed by atoms with Crippen LogP contribution in [0.25, 0.3) is 6.08 Å². The Hall–Kier alpha value is -4.96. The van der Waals surface area contributed by atoms with Crippen LogP contribution in [-0.4, -0.2) is 29.9 Å². The maximum Gasteiger partial charge on any atom is 0.335 e. The Morgan fingerprint density at radius 3 is 2.50 bits per heavy atom. The fourth-order valence-corrected chi connectivity index (χ4v) is 4.31. The van der Waals surface area contributed by atoms with Crippen LogP contribution in [0.1, 0.15) is 22.3 Å². The van der Waals surface area contributed by atoms with Crippen LogP contribution in [0.5, 0.6) is 11.5 Å². The number of amides is 4. The van der Waals surface area contributed by atoms with E-state index >= 15 is 0 Å². The third-order valence-corrected chi connectivity index (χ3v) is 6.57. The molecule has 0 saturated carbocycles. The summed E-state index contributed by atoms with van der Waals surface area (Å²) in [6.45, 7) is 5.56. The van der Waals surface area contributed by atoms with Crippen LogP contribution in [0.3, 0.4) is 0 Å². The van der Waals surface area contributed by atoms with Crippen molar-refractivity contribution in [1.29, 1.82) is 0 Å². The first-order chi connectivity index (χ1) is 19.1. The maximum absolute atomic E-state index is 13.4. The highest BCUT2D eigenvalue weighted by atomic mass is 35.5. The third kappa shape index (κ3) is 5.71. The van der Waals surface area contributed by atoms with Gasteiger partial charge in [-0.25, -0.2) is 9.69 Å². The van der Waals surface area contributed by atoms with Gasteiger partial charge in [-0.3, -0.25) is 25.0 Å². The van der Waals surface area contributed by atoms with E-state index in [1.54, 1.807) is 55.5 Å². The average molecular weight is 562 g/mol. The van der Waals surface area contributed by atoms with Crippen molar-refractivity contribution in [2.24, 2.45) is 0 Å². The normalized spacial score (nSPS) is 14.2. The number of rotatable bonds is 9. The third-order valence-electron chi connectivity index (χ3n) is 6.16. The molecule has 0 bridgehead atoms. The van der Waals surface area contributed by atoms with Gasteiger partial charge in [0.05, 0.1) is 17.7 Å². The number of methoxy groups -OCH3 is 1. The van der Waals surface area contributed by atoms with E-state index in [2.05, 4.69) is 11.9 Å². The quantitative estimate of drug-likeness (QED) is 0.119. The number of nitrogens with one attached hydrogen (secondary N) is 1. The number of ether oxygens (including phenoxy) is 2. The molecule has 204 valence electrons. The molecule has 0 aromatic heterocycles. The van der Waals surface area contributed by atoms with Crippen molar-refractivity contribution in [3.05, 3.63) is 110 Å². The molecule has 0 atom stereocenters. The molecule has 4 amide bonds. The van der Waals surface area contributed by atoms with E-state index in [9.17, 15) is 24.5 Å². The van der Waals surface area contributed by atoms with Gasteiger partial charge < -0.3 is 9.47 Å². The molecule has 4 rings (SSSR count). The summed E-state index contributed by atoms with van der Waals surface area (Å²) in [5.74, 6) is -0.903. The summed E-state index contributed by atoms with van der Waals surface area (Å²) in [4.78, 5) is 50.0. The topological polar surface area (TPSA) is 128 Å². The van der Waals surface area contributed by atoms with Crippen LogP contribution in [0.15, 0.2) is 72.8 Å². The van der Waals surface area contributed by atoms with Gasteiger partial charge in [-0.05, 0) is 72.5 Å². The summed E-state index contributed by atoms with van der Waals surface area (Å²) in [5.41, 5.74) is 2.29. The minimum Gasteiger partial charge on any atom is -0.493 e. The first-order valence-electron chi connectivity index (χ1n) is 12.0. The second-order valence-corrected chi connectivity index (χ2v) is 9.17. The number of hydrogen-bond donors (Lipinski definition) is 1. The lowest BCUT2D eigenvalue weighted by Crippen LogP contribution is -2.54. The lowest BCUT2D eigenvalue weighted by molar-refractivity contribution is -0.384. The summed E-state index contributed by atoms with van der Waals surface area (Å²) in [6, 6.07) is 13.2. The van der Waals surface area contributed by atoms with Crippen molar-refractivity contribution in [3.63, 3.8) is 0 Å². The Morgan fingerprint density at radius 2 is 1.85 bits per heavy atom. The molecule has 3 aromatic rings. The molecule has 1 aliphatic rings. The van der Waals surface area contributed by atoms with E-state index < -0.39 is 22.8 Å². The number of hydrogen-bond acceptors (Lipinski definition) is 7. The predicted molar refractivity (Wildman–Crippen MR) is 150 cm³/mol. The van der Waals surface area contributed by atoms with Crippen LogP contribution >= 0.6 is 11.6 Å². The number of nitro groups is 1. The smallest absolute Gasteiger partial charge is 0.335 e. The van der Waals surface area contributed by atoms with E-state index in [4.69, 9.17) is 21.1 Å². The Labute approximate surface area is 234 Å². The van der Waals surface area contributed by atoms with Gasteiger partial charge in [0.2, 0.25) is 0 Å². The van der Waals surface area contributed by atoms with Gasteiger partial charge in [-0.1, -0.05) is 23.7 Å². The van der Waals surface area contributed by atoms with Gasteiger partial charge in [-0.2, -0.15) is 0 Å². The highest BCUT2D eigenvalue weighted by Crippen LogP contribution is 2.36. The predicted octanol–water partition coefficient (Wildman–Crippen LogP) is 5.54. The van der Waals surface area contributed by atoms with E-state index in [1.807, 2.05) is 0 Å². The fraction of sp³-hybridized carbons (Fsp3) is 0.138. The second kappa shape index (κ2) is 11.8. The van der Waals surface area contributed by atoms with Crippen molar-refractivity contribution >= 4 is 46.9 Å². The van der Waals surface area contributed by atoms with Gasteiger partial charge in [0.25, 0.3) is 17.5 Å². The first-order valence-corrected chi connectivity index (χ1v) is 12.4. The number of allylic oxidation sites excluding steroid dienone is 1. The summed E-state index contributed by atoms with van der Waals surface area (Å²) in [5, 5.41) is 13.5. The van der Waals surface area contributed by atoms with E-state index in [-0.39, 0.29) is 23.6 Å². The number of urea groups is 1. The molecule has 40 heavy (non-hydrogen) atoms. The molecule has 0 radical (unpaired) electrons. The van der Waals surface area contributed by atoms with Crippen molar-refractivity contribution in [3.8, 4) is 11.5 Å². The van der Waals surface area contributed by atoms with Gasteiger partial charge in [0.15, 0.2) is 11.5 Å². The lowest BCUT2D eigenvalue weighted by atomic mass is 10.0. The molecular formula is C29H24ClN3O7. The minimum absolute atomic E-state index is 0.0295. The molecule has 1 aliphatic heterocycles. The van der Waals surface area contributed by atoms with Gasteiger partial charge in [0.1, 0.15) is 12.2 Å². The SMILES string of the molecule is C=CCc1cc(/C=C2\C(=O)NC(=O)N(c3cccc(Cl)c3C)C2=O)cc(OC)c1OCc1ccc([N+](=O)[O-])cc1. The average Bonchev–Trinajstić information content (AvgIpc) is 2.92. The van der Waals surface area contributed by atoms with Crippen molar-refractivity contribution in [2.75, 3.05) is 12.0 Å². The molecule has 0 unspecified atom stereocenters. The van der Waals surface area contributed by atoms with Gasteiger partial charge in [-0.15, -0.1) is 6.58 Å². The van der Waals surface area contributed by atoms with Crippen molar-refractivity contribution in [2.45, 2.75) is 20.0 Å². The number of non-ortho nitro benzene ring substituents is 1. The maximum atomic E-state index is 13.4. The Kier molecular flexibility index (Phi) is 8.30. The van der Waals surface area contributed by atoms with E-state index in [0.717, 1.165) is 4.90 Å². The Bertz CT molecular complexity index is 1560. The number of nitro benzene ring substituents is 1. The summed E-state index contributed by atoms with van der Waals surface area (Å²) in [6.07, 6.45) is 3.40. The molecule has 1 fully saturated rings. The molecule has 11 heteroatoms. The number of anilines is 1. The largest absolute Gasteiger partial charge is 0.493 e. The summed E-state index contributed by atoms with van der Waals surface area (Å²) < 4.78 is 11.6. The molecule has 1 heterocycles. The van der Waals surface area contributed by atoms with Crippen molar-refractivity contribution < 1.29 is 28.8 Å². The number of halogens is 1. The van der Waals surface area contributed by atoms with E-state index in [0.29, 0.717) is 45.2 Å². The molecular weight excluding hydrogens is 538 g/mol. The summed E-state index contributed by atoms with van der Waals surface area (Å²) in [7, 11) is 1.45. The Morgan fingerprint density at radius 1 is 1.12 bits per heavy atom. The van der Waals surface area contributed by atoms with E-state index in [1.165, 1.54) is 25.3 Å². The minimum atomic E-state index is -0.877. The van der Waals surface area contributed by atoms with Gasteiger partial charge >= 0.3 is 6.03 Å². The standard InChI is InChI=1S/C29H24ClN3O7/c1-4-6-20-13-19(15-25(39-3)26(20)40-16-18-9-11-21(12-10-18)33(37)38)14-22-27(34)31-29(36)32(28(22)35)24-8-5-7-23(30)17(24)2/h4-5,7-15H,1,6,16H2,2-3H3,(H,31,34,36)/b22-14+. The second-order valence-electron chi connectivity index (χ2n) is 8.76. The molecule has 0 spiro atoms. The highest BCUT2D eigenvalue weighted by molar-refractivity contribution is 6.40. The zero-order valence-corrected chi connectivity index (χ0v) is 22.4. The molecule has 0 aliphatic carbocycles. The molecule has 1 saturated heterocycles. The molecule has 10 nitrogen and oxygen atoms in total. The van der Waals surface area contributed by atoms with Crippen LogP contribution < -0.4 is 19.7 Å². The number of carbonyl (C=O) groups excluding carboxylic acids is 3. The molecule has 1 N–H and O–H groups in total. The van der Waals surface area contributed by atoms with Crippen LogP contribution in [0.2, 0.25) is 5.02 Å². The monoisotopic (exact) mass is 561 g/mol. The van der Waals surface area contributed by atoms with Crippen LogP contribution in [0.4, 0.5) is 16.2 Å². The van der Waals surface area contributed by atoms with Crippen LogP contribution in [0, 0.1) is 17.0 Å². The van der Waals surface area contributed by atoms with Gasteiger partial charge in [0, 0.05) is 22.7 Å². The first kappa shape index (κ1) is 28.1. The lowest BCUT2D eigenvalue weighted by Gasteiger charge is -2.27.